The topological polar surface area (TPSA) is 20.3 Å². The Kier molecular flexibility index (Phi) is 3.75. The lowest BCUT2D eigenvalue weighted by atomic mass is 9.92. The highest BCUT2D eigenvalue weighted by molar-refractivity contribution is 5.80. The van der Waals surface area contributed by atoms with E-state index < -0.39 is 11.7 Å². The summed E-state index contributed by atoms with van der Waals surface area (Å²) in [5, 5.41) is 0. The first-order chi connectivity index (χ1) is 10.3. The van der Waals surface area contributed by atoms with Crippen LogP contribution in [-0.2, 0) is 17.5 Å². The van der Waals surface area contributed by atoms with Gasteiger partial charge < -0.3 is 4.90 Å². The highest BCUT2D eigenvalue weighted by Gasteiger charge is 2.40. The van der Waals surface area contributed by atoms with Gasteiger partial charge in [-0.3, -0.25) is 4.79 Å². The zero-order valence-corrected chi connectivity index (χ0v) is 12.3. The quantitative estimate of drug-likeness (QED) is 0.776. The first-order valence-electron chi connectivity index (χ1n) is 7.44. The van der Waals surface area contributed by atoms with Gasteiger partial charge in [-0.25, -0.2) is 0 Å². The van der Waals surface area contributed by atoms with Crippen molar-refractivity contribution >= 4 is 5.91 Å². The lowest BCUT2D eigenvalue weighted by Crippen LogP contribution is -2.34. The Bertz CT molecular complexity index is 608. The molecule has 0 aromatic heterocycles. The predicted octanol–water partition coefficient (Wildman–Crippen LogP) is 3.88. The third kappa shape index (κ3) is 2.89. The summed E-state index contributed by atoms with van der Waals surface area (Å²) in [6.07, 6.45) is 1.82. The standard InChI is InChI=1S/C17H18F3NO/c1-21(16(22)15-9-11-5-6-13(15)7-11)10-12-3-2-4-14(8-12)17(18,19)20/h2-6,8,11,13,15H,7,9-10H2,1H3/t11-,13+,15+/m1/s1. The van der Waals surface area contributed by atoms with Crippen molar-refractivity contribution in [3.63, 3.8) is 0 Å². The average molecular weight is 309 g/mol. The zero-order chi connectivity index (χ0) is 15.9. The Balaban J connectivity index is 1.68. The molecule has 0 aliphatic heterocycles. The number of hydrogen-bond donors (Lipinski definition) is 0. The number of carbonyl (C=O) groups is 1. The normalized spacial score (nSPS) is 26.5. The van der Waals surface area contributed by atoms with Crippen LogP contribution in [0.15, 0.2) is 36.4 Å². The van der Waals surface area contributed by atoms with Gasteiger partial charge in [0.05, 0.1) is 5.56 Å². The molecule has 1 saturated carbocycles. The first kappa shape index (κ1) is 15.1. The van der Waals surface area contributed by atoms with E-state index in [0.29, 0.717) is 17.4 Å². The minimum Gasteiger partial charge on any atom is -0.341 e. The summed E-state index contributed by atoms with van der Waals surface area (Å²) >= 11 is 0. The van der Waals surface area contributed by atoms with Gasteiger partial charge in [-0.2, -0.15) is 13.2 Å². The number of rotatable bonds is 3. The van der Waals surface area contributed by atoms with Gasteiger partial charge in [0.25, 0.3) is 0 Å². The Hall–Kier alpha value is -1.78. The number of alkyl halides is 3. The van der Waals surface area contributed by atoms with Gasteiger partial charge in [0.2, 0.25) is 5.91 Å². The fraction of sp³-hybridized carbons (Fsp3) is 0.471. The molecule has 1 aromatic carbocycles. The number of benzene rings is 1. The molecular formula is C17H18F3NO. The van der Waals surface area contributed by atoms with Crippen molar-refractivity contribution in [2.75, 3.05) is 7.05 Å². The molecule has 1 amide bonds. The number of allylic oxidation sites excluding steroid dienone is 2. The first-order valence-corrected chi connectivity index (χ1v) is 7.44. The minimum absolute atomic E-state index is 0.00852. The van der Waals surface area contributed by atoms with Crippen LogP contribution < -0.4 is 0 Å². The van der Waals surface area contributed by atoms with Gasteiger partial charge in [0.1, 0.15) is 0 Å². The molecule has 22 heavy (non-hydrogen) atoms. The number of nitrogens with zero attached hydrogens (tertiary/aromatic N) is 1. The Labute approximate surface area is 127 Å². The monoisotopic (exact) mass is 309 g/mol. The van der Waals surface area contributed by atoms with Gasteiger partial charge in [-0.15, -0.1) is 0 Å². The summed E-state index contributed by atoms with van der Waals surface area (Å²) in [6, 6.07) is 5.17. The van der Waals surface area contributed by atoms with Crippen molar-refractivity contribution in [1.82, 2.24) is 4.90 Å². The van der Waals surface area contributed by atoms with E-state index in [1.165, 1.54) is 6.07 Å². The fourth-order valence-corrected chi connectivity index (χ4v) is 3.55. The number of halogens is 3. The molecule has 2 bridgehead atoms. The maximum Gasteiger partial charge on any atom is 0.416 e. The van der Waals surface area contributed by atoms with Crippen molar-refractivity contribution in [3.05, 3.63) is 47.5 Å². The summed E-state index contributed by atoms with van der Waals surface area (Å²) in [6.45, 7) is 0.209. The van der Waals surface area contributed by atoms with Crippen molar-refractivity contribution in [1.29, 1.82) is 0 Å². The molecular weight excluding hydrogens is 291 g/mol. The molecule has 0 unspecified atom stereocenters. The van der Waals surface area contributed by atoms with Crippen molar-refractivity contribution < 1.29 is 18.0 Å². The third-order valence-electron chi connectivity index (χ3n) is 4.65. The van der Waals surface area contributed by atoms with E-state index in [4.69, 9.17) is 0 Å². The van der Waals surface area contributed by atoms with Crippen LogP contribution in [0.1, 0.15) is 24.0 Å². The van der Waals surface area contributed by atoms with Crippen LogP contribution in [0.2, 0.25) is 0 Å². The molecule has 0 spiro atoms. The summed E-state index contributed by atoms with van der Waals surface area (Å²) < 4.78 is 38.2. The zero-order valence-electron chi connectivity index (χ0n) is 12.3. The van der Waals surface area contributed by atoms with E-state index in [-0.39, 0.29) is 18.4 Å². The lowest BCUT2D eigenvalue weighted by molar-refractivity contribution is -0.137. The highest BCUT2D eigenvalue weighted by Crippen LogP contribution is 2.44. The number of amides is 1. The van der Waals surface area contributed by atoms with E-state index >= 15 is 0 Å². The van der Waals surface area contributed by atoms with Gasteiger partial charge in [0, 0.05) is 19.5 Å². The van der Waals surface area contributed by atoms with E-state index in [0.717, 1.165) is 25.0 Å². The van der Waals surface area contributed by atoms with Crippen molar-refractivity contribution in [2.24, 2.45) is 17.8 Å². The van der Waals surface area contributed by atoms with E-state index in [1.54, 1.807) is 18.0 Å². The summed E-state index contributed by atoms with van der Waals surface area (Å²) in [4.78, 5) is 14.0. The van der Waals surface area contributed by atoms with E-state index in [1.807, 2.05) is 0 Å². The third-order valence-corrected chi connectivity index (χ3v) is 4.65. The molecule has 3 atom stereocenters. The Morgan fingerprint density at radius 3 is 2.64 bits per heavy atom. The molecule has 1 fully saturated rings. The second-order valence-corrected chi connectivity index (χ2v) is 6.28. The van der Waals surface area contributed by atoms with Gasteiger partial charge in [0.15, 0.2) is 0 Å². The molecule has 2 aliphatic carbocycles. The van der Waals surface area contributed by atoms with E-state index in [9.17, 15) is 18.0 Å². The number of carbonyl (C=O) groups excluding carboxylic acids is 1. The van der Waals surface area contributed by atoms with Crippen molar-refractivity contribution in [3.8, 4) is 0 Å². The molecule has 0 saturated heterocycles. The lowest BCUT2D eigenvalue weighted by Gasteiger charge is -2.25. The molecule has 5 heteroatoms. The van der Waals surface area contributed by atoms with Crippen LogP contribution in [0.5, 0.6) is 0 Å². The maximum atomic E-state index is 12.7. The molecule has 0 heterocycles. The molecule has 0 radical (unpaired) electrons. The minimum atomic E-state index is -4.35. The average Bonchev–Trinajstić information content (AvgIpc) is 3.08. The molecule has 2 aliphatic rings. The molecule has 0 N–H and O–H groups in total. The summed E-state index contributed by atoms with van der Waals surface area (Å²) in [5.74, 6) is 0.836. The molecule has 2 nitrogen and oxygen atoms in total. The molecule has 1 aromatic rings. The second kappa shape index (κ2) is 5.45. The van der Waals surface area contributed by atoms with Crippen LogP contribution >= 0.6 is 0 Å². The van der Waals surface area contributed by atoms with Gasteiger partial charge >= 0.3 is 6.18 Å². The SMILES string of the molecule is CN(Cc1cccc(C(F)(F)F)c1)C(=O)[C@H]1C[C@@H]2C=C[C@H]1C2. The largest absolute Gasteiger partial charge is 0.416 e. The fourth-order valence-electron chi connectivity index (χ4n) is 3.55. The van der Waals surface area contributed by atoms with Gasteiger partial charge in [-0.05, 0) is 42.4 Å². The van der Waals surface area contributed by atoms with Crippen LogP contribution in [-0.4, -0.2) is 17.9 Å². The summed E-state index contributed by atoms with van der Waals surface area (Å²) in [7, 11) is 1.66. The Morgan fingerprint density at radius 2 is 2.05 bits per heavy atom. The molecule has 3 rings (SSSR count). The van der Waals surface area contributed by atoms with Gasteiger partial charge in [-0.1, -0.05) is 24.3 Å². The van der Waals surface area contributed by atoms with Crippen molar-refractivity contribution in [2.45, 2.75) is 25.6 Å². The molecule has 118 valence electrons. The van der Waals surface area contributed by atoms with E-state index in [2.05, 4.69) is 12.2 Å². The number of fused-ring (bicyclic) bond motifs is 2. The predicted molar refractivity (Wildman–Crippen MR) is 76.8 cm³/mol. The highest BCUT2D eigenvalue weighted by atomic mass is 19.4. The van der Waals surface area contributed by atoms with Crippen LogP contribution in [0, 0.1) is 17.8 Å². The van der Waals surface area contributed by atoms with Crippen LogP contribution in [0.25, 0.3) is 0 Å². The van der Waals surface area contributed by atoms with Crippen LogP contribution in [0.3, 0.4) is 0 Å². The maximum absolute atomic E-state index is 12.7. The second-order valence-electron chi connectivity index (χ2n) is 6.28. The smallest absolute Gasteiger partial charge is 0.341 e. The number of hydrogen-bond acceptors (Lipinski definition) is 1. The van der Waals surface area contributed by atoms with Crippen LogP contribution in [0.4, 0.5) is 13.2 Å². The summed E-state index contributed by atoms with van der Waals surface area (Å²) in [5.41, 5.74) is -0.168. The Morgan fingerprint density at radius 1 is 1.27 bits per heavy atom.